The predicted molar refractivity (Wildman–Crippen MR) is 78.2 cm³/mol. The zero-order valence-corrected chi connectivity index (χ0v) is 11.4. The average Bonchev–Trinajstić information content (AvgIpc) is 2.86. The first kappa shape index (κ1) is 14.7. The molecule has 2 amide bonds. The Balaban J connectivity index is 1.91. The van der Waals surface area contributed by atoms with Crippen LogP contribution in [0.2, 0.25) is 0 Å². The van der Waals surface area contributed by atoms with Crippen LogP contribution in [0.4, 0.5) is 5.69 Å². The third-order valence-corrected chi connectivity index (χ3v) is 2.85. The summed E-state index contributed by atoms with van der Waals surface area (Å²) < 4.78 is 1.35. The molecule has 0 aliphatic carbocycles. The van der Waals surface area contributed by atoms with Crippen LogP contribution in [0.5, 0.6) is 0 Å². The van der Waals surface area contributed by atoms with E-state index in [2.05, 4.69) is 10.4 Å². The number of amides is 2. The molecular formula is C14H17N5O2. The molecule has 0 radical (unpaired) electrons. The Hall–Kier alpha value is -2.67. The van der Waals surface area contributed by atoms with Crippen LogP contribution in [0.3, 0.4) is 0 Å². The van der Waals surface area contributed by atoms with Gasteiger partial charge in [-0.3, -0.25) is 14.3 Å². The molecule has 7 nitrogen and oxygen atoms in total. The number of nitrogens with zero attached hydrogens (tertiary/aromatic N) is 2. The van der Waals surface area contributed by atoms with Gasteiger partial charge in [0.05, 0.1) is 17.9 Å². The molecule has 7 heteroatoms. The number of anilines is 1. The van der Waals surface area contributed by atoms with Crippen LogP contribution < -0.4 is 16.8 Å². The van der Waals surface area contributed by atoms with Crippen molar-refractivity contribution in [2.45, 2.75) is 19.0 Å². The molecule has 2 rings (SSSR count). The Morgan fingerprint density at radius 3 is 2.67 bits per heavy atom. The molecular weight excluding hydrogens is 270 g/mol. The van der Waals surface area contributed by atoms with Gasteiger partial charge in [0.2, 0.25) is 11.8 Å². The van der Waals surface area contributed by atoms with Gasteiger partial charge < -0.3 is 16.8 Å². The lowest BCUT2D eigenvalue weighted by molar-refractivity contribution is -0.119. The lowest BCUT2D eigenvalue weighted by Crippen LogP contribution is -2.37. The van der Waals surface area contributed by atoms with Crippen molar-refractivity contribution in [2.75, 3.05) is 5.32 Å². The maximum atomic E-state index is 12.0. The van der Waals surface area contributed by atoms with Crippen molar-refractivity contribution in [3.63, 3.8) is 0 Å². The third kappa shape index (κ3) is 4.43. The fourth-order valence-electron chi connectivity index (χ4n) is 1.87. The number of carbonyl (C=O) groups excluding carboxylic acids is 2. The quantitative estimate of drug-likeness (QED) is 0.686. The molecule has 0 unspecified atom stereocenters. The maximum absolute atomic E-state index is 12.0. The molecule has 0 saturated carbocycles. The van der Waals surface area contributed by atoms with Crippen LogP contribution in [0, 0.1) is 0 Å². The van der Waals surface area contributed by atoms with Crippen molar-refractivity contribution in [1.29, 1.82) is 0 Å². The van der Waals surface area contributed by atoms with Crippen LogP contribution in [-0.2, 0) is 22.6 Å². The molecule has 5 N–H and O–H groups in total. The molecule has 0 spiro atoms. The standard InChI is InChI=1S/C14H17N5O2/c15-12(6-10-4-2-1-3-5-10)14(21)18-11-7-17-19(8-11)9-13(16)20/h1-5,7-8,12H,6,9,15H2,(H2,16,20)(H,18,21)/t12-/m0/s1. The van der Waals surface area contributed by atoms with Gasteiger partial charge in [0.1, 0.15) is 6.54 Å². The number of hydrogen-bond donors (Lipinski definition) is 3. The molecule has 0 bridgehead atoms. The van der Waals surface area contributed by atoms with Crippen LogP contribution in [0.25, 0.3) is 0 Å². The monoisotopic (exact) mass is 287 g/mol. The molecule has 0 aliphatic heterocycles. The Labute approximate surface area is 121 Å². The summed E-state index contributed by atoms with van der Waals surface area (Å²) in [6.45, 7) is -0.0358. The molecule has 21 heavy (non-hydrogen) atoms. The van der Waals surface area contributed by atoms with Crippen molar-refractivity contribution in [2.24, 2.45) is 11.5 Å². The highest BCUT2D eigenvalue weighted by molar-refractivity contribution is 5.94. The molecule has 2 aromatic rings. The van der Waals surface area contributed by atoms with Gasteiger partial charge in [-0.2, -0.15) is 5.10 Å². The van der Waals surface area contributed by atoms with Crippen LogP contribution in [-0.4, -0.2) is 27.6 Å². The second-order valence-corrected chi connectivity index (χ2v) is 4.68. The number of benzene rings is 1. The van der Waals surface area contributed by atoms with E-state index in [-0.39, 0.29) is 12.5 Å². The van der Waals surface area contributed by atoms with E-state index in [9.17, 15) is 9.59 Å². The van der Waals surface area contributed by atoms with Crippen LogP contribution >= 0.6 is 0 Å². The van der Waals surface area contributed by atoms with E-state index in [4.69, 9.17) is 11.5 Å². The number of carbonyl (C=O) groups is 2. The predicted octanol–water partition coefficient (Wildman–Crippen LogP) is -0.123. The van der Waals surface area contributed by atoms with Gasteiger partial charge in [-0.15, -0.1) is 0 Å². The second-order valence-electron chi connectivity index (χ2n) is 4.68. The minimum Gasteiger partial charge on any atom is -0.368 e. The third-order valence-electron chi connectivity index (χ3n) is 2.85. The van der Waals surface area contributed by atoms with Gasteiger partial charge in [-0.1, -0.05) is 30.3 Å². The number of nitrogens with one attached hydrogen (secondary N) is 1. The van der Waals surface area contributed by atoms with Crippen LogP contribution in [0.1, 0.15) is 5.56 Å². The van der Waals surface area contributed by atoms with Gasteiger partial charge >= 0.3 is 0 Å². The van der Waals surface area contributed by atoms with Crippen molar-refractivity contribution < 1.29 is 9.59 Å². The first-order chi connectivity index (χ1) is 10.0. The first-order valence-electron chi connectivity index (χ1n) is 6.45. The van der Waals surface area contributed by atoms with Crippen molar-refractivity contribution in [3.8, 4) is 0 Å². The summed E-state index contributed by atoms with van der Waals surface area (Å²) in [5.74, 6) is -0.811. The summed E-state index contributed by atoms with van der Waals surface area (Å²) in [6.07, 6.45) is 3.41. The van der Waals surface area contributed by atoms with E-state index in [1.54, 1.807) is 0 Å². The number of rotatable bonds is 6. The molecule has 1 heterocycles. The summed E-state index contributed by atoms with van der Waals surface area (Å²) >= 11 is 0. The van der Waals surface area contributed by atoms with E-state index in [1.807, 2.05) is 30.3 Å². The van der Waals surface area contributed by atoms with E-state index in [0.29, 0.717) is 12.1 Å². The zero-order chi connectivity index (χ0) is 15.2. The van der Waals surface area contributed by atoms with Crippen molar-refractivity contribution in [3.05, 3.63) is 48.3 Å². The number of primary amides is 1. The highest BCUT2D eigenvalue weighted by Gasteiger charge is 2.15. The molecule has 1 aromatic carbocycles. The van der Waals surface area contributed by atoms with E-state index in [0.717, 1.165) is 5.56 Å². The Kier molecular flexibility index (Phi) is 4.68. The minimum atomic E-state index is -0.660. The Morgan fingerprint density at radius 2 is 2.00 bits per heavy atom. The minimum absolute atomic E-state index is 0.0358. The lowest BCUT2D eigenvalue weighted by Gasteiger charge is -2.11. The molecule has 0 aliphatic rings. The SMILES string of the molecule is NC(=O)Cn1cc(NC(=O)[C@@H](N)Cc2ccccc2)cn1. The number of aromatic nitrogens is 2. The molecule has 110 valence electrons. The largest absolute Gasteiger partial charge is 0.368 e. The number of hydrogen-bond acceptors (Lipinski definition) is 4. The van der Waals surface area contributed by atoms with Gasteiger partial charge in [0.25, 0.3) is 0 Å². The lowest BCUT2D eigenvalue weighted by atomic mass is 10.1. The summed E-state index contributed by atoms with van der Waals surface area (Å²) in [4.78, 5) is 22.7. The van der Waals surface area contributed by atoms with Crippen LogP contribution in [0.15, 0.2) is 42.7 Å². The number of nitrogens with two attached hydrogens (primary N) is 2. The Bertz CT molecular complexity index is 623. The van der Waals surface area contributed by atoms with Gasteiger partial charge in [0, 0.05) is 6.20 Å². The normalized spacial score (nSPS) is 11.9. The van der Waals surface area contributed by atoms with Gasteiger partial charge in [-0.25, -0.2) is 0 Å². The van der Waals surface area contributed by atoms with Crippen molar-refractivity contribution in [1.82, 2.24) is 9.78 Å². The fraction of sp³-hybridized carbons (Fsp3) is 0.214. The summed E-state index contributed by atoms with van der Waals surface area (Å²) in [5.41, 5.74) is 12.4. The van der Waals surface area contributed by atoms with E-state index < -0.39 is 11.9 Å². The van der Waals surface area contributed by atoms with Gasteiger partial charge in [0.15, 0.2) is 0 Å². The van der Waals surface area contributed by atoms with Crippen molar-refractivity contribution >= 4 is 17.5 Å². The molecule has 1 aromatic heterocycles. The Morgan fingerprint density at radius 1 is 1.29 bits per heavy atom. The maximum Gasteiger partial charge on any atom is 0.241 e. The smallest absolute Gasteiger partial charge is 0.241 e. The highest BCUT2D eigenvalue weighted by atomic mass is 16.2. The molecule has 0 saturated heterocycles. The van der Waals surface area contributed by atoms with E-state index in [1.165, 1.54) is 17.1 Å². The zero-order valence-electron chi connectivity index (χ0n) is 11.4. The summed E-state index contributed by atoms with van der Waals surface area (Å²) in [5, 5.41) is 6.57. The summed E-state index contributed by atoms with van der Waals surface area (Å²) in [7, 11) is 0. The van der Waals surface area contributed by atoms with E-state index >= 15 is 0 Å². The second kappa shape index (κ2) is 6.67. The topological polar surface area (TPSA) is 116 Å². The first-order valence-corrected chi connectivity index (χ1v) is 6.45. The molecule has 1 atom stereocenters. The van der Waals surface area contributed by atoms with Gasteiger partial charge in [-0.05, 0) is 12.0 Å². The average molecular weight is 287 g/mol. The highest BCUT2D eigenvalue weighted by Crippen LogP contribution is 2.07. The summed E-state index contributed by atoms with van der Waals surface area (Å²) in [6, 6.07) is 8.87. The fourth-order valence-corrected chi connectivity index (χ4v) is 1.87. The molecule has 0 fully saturated rings.